The van der Waals surface area contributed by atoms with Gasteiger partial charge in [0.2, 0.25) is 0 Å². The van der Waals surface area contributed by atoms with Crippen LogP contribution in [0.5, 0.6) is 0 Å². The van der Waals surface area contributed by atoms with E-state index in [1.165, 1.54) is 0 Å². The molecule has 1 aromatic carbocycles. The fraction of sp³-hybridized carbons (Fsp3) is 0.538. The lowest BCUT2D eigenvalue weighted by Gasteiger charge is -2.27. The first-order valence-electron chi connectivity index (χ1n) is 6.55. The number of aliphatic hydroxyl groups excluding tert-OH is 1. The maximum Gasteiger partial charge on any atom is 0.269 e. The number of hydrogen-bond donors (Lipinski definition) is 2. The van der Waals surface area contributed by atoms with Gasteiger partial charge in [0.05, 0.1) is 11.5 Å². The zero-order chi connectivity index (χ0) is 13.7. The molecule has 0 saturated carbocycles. The average Bonchev–Trinajstić information content (AvgIpc) is 2.87. The van der Waals surface area contributed by atoms with Crippen molar-refractivity contribution in [3.63, 3.8) is 0 Å². The van der Waals surface area contributed by atoms with Crippen LogP contribution in [-0.2, 0) is 0 Å². The van der Waals surface area contributed by atoms with E-state index in [0.29, 0.717) is 12.6 Å². The molecule has 104 valence electrons. The largest absolute Gasteiger partial charge is 0.395 e. The number of rotatable bonds is 6. The lowest BCUT2D eigenvalue weighted by Crippen LogP contribution is -2.38. The molecule has 1 aliphatic rings. The Morgan fingerprint density at radius 1 is 1.42 bits per heavy atom. The summed E-state index contributed by atoms with van der Waals surface area (Å²) in [5.74, 6) is 0. The number of anilines is 1. The number of benzene rings is 1. The van der Waals surface area contributed by atoms with Crippen molar-refractivity contribution in [2.24, 2.45) is 0 Å². The zero-order valence-electron chi connectivity index (χ0n) is 10.8. The van der Waals surface area contributed by atoms with Crippen LogP contribution >= 0.6 is 0 Å². The van der Waals surface area contributed by atoms with E-state index in [-0.39, 0.29) is 17.2 Å². The molecule has 0 unspecified atom stereocenters. The smallest absolute Gasteiger partial charge is 0.269 e. The second kappa shape index (κ2) is 6.49. The van der Waals surface area contributed by atoms with Gasteiger partial charge in [-0.1, -0.05) is 0 Å². The summed E-state index contributed by atoms with van der Waals surface area (Å²) in [6.07, 6.45) is 2.23. The molecule has 1 aliphatic heterocycles. The van der Waals surface area contributed by atoms with Crippen molar-refractivity contribution < 1.29 is 10.0 Å². The molecule has 1 fully saturated rings. The molecule has 0 amide bonds. The summed E-state index contributed by atoms with van der Waals surface area (Å²) in [6, 6.07) is 7.11. The van der Waals surface area contributed by atoms with E-state index in [2.05, 4.69) is 10.2 Å². The molecular weight excluding hydrogens is 246 g/mol. The molecule has 0 radical (unpaired) electrons. The van der Waals surface area contributed by atoms with Crippen molar-refractivity contribution >= 4 is 11.4 Å². The highest BCUT2D eigenvalue weighted by Gasteiger charge is 2.24. The van der Waals surface area contributed by atoms with Crippen molar-refractivity contribution in [3.8, 4) is 0 Å². The van der Waals surface area contributed by atoms with Crippen molar-refractivity contribution in [1.29, 1.82) is 0 Å². The third kappa shape index (κ3) is 3.42. The highest BCUT2D eigenvalue weighted by Crippen LogP contribution is 2.26. The van der Waals surface area contributed by atoms with Crippen LogP contribution in [0, 0.1) is 10.1 Å². The molecule has 0 bridgehead atoms. The third-order valence-corrected chi connectivity index (χ3v) is 3.44. The Labute approximate surface area is 112 Å². The molecule has 1 aromatic rings. The number of nitro groups is 1. The molecule has 0 aromatic heterocycles. The predicted molar refractivity (Wildman–Crippen MR) is 73.4 cm³/mol. The van der Waals surface area contributed by atoms with Crippen LogP contribution in [0.25, 0.3) is 0 Å². The second-order valence-corrected chi connectivity index (χ2v) is 4.69. The minimum atomic E-state index is -0.381. The normalized spacial score (nSPS) is 18.8. The van der Waals surface area contributed by atoms with Crippen LogP contribution < -0.4 is 10.2 Å². The van der Waals surface area contributed by atoms with Crippen LogP contribution in [0.1, 0.15) is 12.8 Å². The van der Waals surface area contributed by atoms with Gasteiger partial charge >= 0.3 is 0 Å². The number of aliphatic hydroxyl groups is 1. The van der Waals surface area contributed by atoms with Crippen molar-refractivity contribution in [2.75, 3.05) is 31.1 Å². The Morgan fingerprint density at radius 3 is 2.79 bits per heavy atom. The van der Waals surface area contributed by atoms with Gasteiger partial charge in [-0.15, -0.1) is 0 Å². The highest BCUT2D eigenvalue weighted by molar-refractivity contribution is 5.52. The molecule has 6 heteroatoms. The molecule has 0 spiro atoms. The minimum Gasteiger partial charge on any atom is -0.395 e. The first-order valence-corrected chi connectivity index (χ1v) is 6.55. The summed E-state index contributed by atoms with van der Waals surface area (Å²) in [7, 11) is 0. The van der Waals surface area contributed by atoms with Crippen molar-refractivity contribution in [1.82, 2.24) is 5.32 Å². The molecule has 6 nitrogen and oxygen atoms in total. The maximum atomic E-state index is 10.6. The Bertz CT molecular complexity index is 422. The van der Waals surface area contributed by atoms with E-state index >= 15 is 0 Å². The van der Waals surface area contributed by atoms with Crippen LogP contribution in [-0.4, -0.2) is 42.3 Å². The molecule has 1 saturated heterocycles. The van der Waals surface area contributed by atoms with E-state index in [9.17, 15) is 10.1 Å². The second-order valence-electron chi connectivity index (χ2n) is 4.69. The monoisotopic (exact) mass is 265 g/mol. The van der Waals surface area contributed by atoms with Gasteiger partial charge in [0.1, 0.15) is 0 Å². The summed E-state index contributed by atoms with van der Waals surface area (Å²) in [5.41, 5.74) is 1.15. The van der Waals surface area contributed by atoms with Gasteiger partial charge in [-0.05, 0) is 25.0 Å². The zero-order valence-corrected chi connectivity index (χ0v) is 10.8. The molecule has 1 heterocycles. The molecule has 2 N–H and O–H groups in total. The van der Waals surface area contributed by atoms with Crippen LogP contribution in [0.3, 0.4) is 0 Å². The summed E-state index contributed by atoms with van der Waals surface area (Å²) in [4.78, 5) is 12.5. The quantitative estimate of drug-likeness (QED) is 0.458. The Kier molecular flexibility index (Phi) is 4.70. The van der Waals surface area contributed by atoms with E-state index in [1.54, 1.807) is 12.1 Å². The first kappa shape index (κ1) is 13.8. The number of hydrogen-bond acceptors (Lipinski definition) is 5. The van der Waals surface area contributed by atoms with Crippen LogP contribution in [0.2, 0.25) is 0 Å². The van der Waals surface area contributed by atoms with E-state index in [4.69, 9.17) is 5.11 Å². The van der Waals surface area contributed by atoms with Crippen LogP contribution in [0.15, 0.2) is 24.3 Å². The van der Waals surface area contributed by atoms with E-state index in [1.807, 2.05) is 12.1 Å². The van der Waals surface area contributed by atoms with E-state index in [0.717, 1.165) is 31.6 Å². The van der Waals surface area contributed by atoms with Crippen molar-refractivity contribution in [2.45, 2.75) is 18.9 Å². The van der Waals surface area contributed by atoms with Gasteiger partial charge in [-0.3, -0.25) is 10.1 Å². The van der Waals surface area contributed by atoms with Gasteiger partial charge in [0.15, 0.2) is 0 Å². The number of nitrogens with zero attached hydrogens (tertiary/aromatic N) is 2. The maximum absolute atomic E-state index is 10.6. The molecular formula is C13H19N3O3. The number of nitrogens with one attached hydrogen (secondary N) is 1. The first-order chi connectivity index (χ1) is 9.22. The summed E-state index contributed by atoms with van der Waals surface area (Å²) >= 11 is 0. The Balaban J connectivity index is 2.00. The average molecular weight is 265 g/mol. The third-order valence-electron chi connectivity index (χ3n) is 3.44. The lowest BCUT2D eigenvalue weighted by molar-refractivity contribution is -0.384. The topological polar surface area (TPSA) is 78.6 Å². The molecule has 0 aliphatic carbocycles. The van der Waals surface area contributed by atoms with Gasteiger partial charge in [-0.25, -0.2) is 0 Å². The Hall–Kier alpha value is -1.66. The lowest BCUT2D eigenvalue weighted by atomic mass is 10.2. The standard InChI is InChI=1S/C13H19N3O3/c17-9-7-14-10-13-2-1-8-15(13)11-3-5-12(6-4-11)16(18)19/h3-6,13-14,17H,1-2,7-10H2/t13-/m0/s1. The predicted octanol–water partition coefficient (Wildman–Crippen LogP) is 1.15. The van der Waals surface area contributed by atoms with Gasteiger partial charge in [-0.2, -0.15) is 0 Å². The summed E-state index contributed by atoms with van der Waals surface area (Å²) in [5, 5.41) is 22.6. The molecule has 1 atom stereocenters. The summed E-state index contributed by atoms with van der Waals surface area (Å²) in [6.45, 7) is 2.55. The van der Waals surface area contributed by atoms with Gasteiger partial charge in [0.25, 0.3) is 5.69 Å². The van der Waals surface area contributed by atoms with Gasteiger partial charge in [0, 0.05) is 43.5 Å². The number of nitro benzene ring substituents is 1. The Morgan fingerprint density at radius 2 is 2.16 bits per heavy atom. The van der Waals surface area contributed by atoms with Crippen molar-refractivity contribution in [3.05, 3.63) is 34.4 Å². The number of non-ortho nitro benzene ring substituents is 1. The van der Waals surface area contributed by atoms with Gasteiger partial charge < -0.3 is 15.3 Å². The fourth-order valence-electron chi connectivity index (χ4n) is 2.50. The molecule has 2 rings (SSSR count). The fourth-order valence-corrected chi connectivity index (χ4v) is 2.50. The van der Waals surface area contributed by atoms with Crippen LogP contribution in [0.4, 0.5) is 11.4 Å². The minimum absolute atomic E-state index is 0.123. The van der Waals surface area contributed by atoms with E-state index < -0.39 is 0 Å². The highest BCUT2D eigenvalue weighted by atomic mass is 16.6. The molecule has 19 heavy (non-hydrogen) atoms. The SMILES string of the molecule is O=[N+]([O-])c1ccc(N2CCC[C@H]2CNCCO)cc1. The summed E-state index contributed by atoms with van der Waals surface area (Å²) < 4.78 is 0.